The Morgan fingerprint density at radius 2 is 2.12 bits per heavy atom. The highest BCUT2D eigenvalue weighted by Crippen LogP contribution is 2.21. The van der Waals surface area contributed by atoms with Crippen LogP contribution in [0.25, 0.3) is 10.9 Å². The zero-order valence-corrected chi connectivity index (χ0v) is 9.62. The first-order valence-corrected chi connectivity index (χ1v) is 5.49. The number of hydrogen-bond donors (Lipinski definition) is 2. The summed E-state index contributed by atoms with van der Waals surface area (Å²) in [5, 5.41) is 13.5. The minimum absolute atomic E-state index is 0.0131. The van der Waals surface area contributed by atoms with E-state index in [4.69, 9.17) is 0 Å². The summed E-state index contributed by atoms with van der Waals surface area (Å²) < 4.78 is 0. The van der Waals surface area contributed by atoms with Gasteiger partial charge in [0.2, 0.25) is 0 Å². The second-order valence-corrected chi connectivity index (χ2v) is 3.88. The molecule has 2 rings (SSSR count). The molecule has 0 aliphatic carbocycles. The van der Waals surface area contributed by atoms with Crippen molar-refractivity contribution in [1.82, 2.24) is 4.98 Å². The van der Waals surface area contributed by atoms with E-state index < -0.39 is 0 Å². The molecular weight excluding hydrogens is 200 g/mol. The number of anilines is 1. The average Bonchev–Trinajstić information content (AvgIpc) is 2.29. The Balaban J connectivity index is 2.60. The summed E-state index contributed by atoms with van der Waals surface area (Å²) >= 11 is 0. The molecule has 0 radical (unpaired) electrons. The topological polar surface area (TPSA) is 45.2 Å². The molecule has 0 unspecified atom stereocenters. The fourth-order valence-corrected chi connectivity index (χ4v) is 1.78. The van der Waals surface area contributed by atoms with Gasteiger partial charge in [-0.25, -0.2) is 4.98 Å². The Kier molecular flexibility index (Phi) is 3.06. The van der Waals surface area contributed by atoms with Gasteiger partial charge in [-0.15, -0.1) is 0 Å². The van der Waals surface area contributed by atoms with Crippen LogP contribution < -0.4 is 5.32 Å². The normalized spacial score (nSPS) is 10.7. The number of aliphatic hydroxyl groups is 1. The molecule has 84 valence electrons. The van der Waals surface area contributed by atoms with Crippen molar-refractivity contribution in [2.45, 2.75) is 20.5 Å². The number of nitrogens with zero attached hydrogens (tertiary/aromatic N) is 1. The van der Waals surface area contributed by atoms with Crippen LogP contribution in [0, 0.1) is 6.92 Å². The lowest BCUT2D eigenvalue weighted by atomic mass is 10.1. The van der Waals surface area contributed by atoms with Gasteiger partial charge in [0, 0.05) is 17.5 Å². The quantitative estimate of drug-likeness (QED) is 0.828. The molecule has 3 heteroatoms. The maximum Gasteiger partial charge on any atom is 0.132 e. The fourth-order valence-electron chi connectivity index (χ4n) is 1.78. The van der Waals surface area contributed by atoms with Crippen molar-refractivity contribution in [3.63, 3.8) is 0 Å². The number of aromatic nitrogens is 1. The van der Waals surface area contributed by atoms with Gasteiger partial charge >= 0.3 is 0 Å². The second-order valence-electron chi connectivity index (χ2n) is 3.88. The first-order chi connectivity index (χ1) is 7.74. The predicted octanol–water partition coefficient (Wildman–Crippen LogP) is 2.47. The van der Waals surface area contributed by atoms with Crippen LogP contribution in [0.1, 0.15) is 18.1 Å². The van der Waals surface area contributed by atoms with E-state index >= 15 is 0 Å². The molecule has 2 aromatic rings. The molecule has 16 heavy (non-hydrogen) atoms. The molecule has 0 aliphatic rings. The lowest BCUT2D eigenvalue weighted by Crippen LogP contribution is -2.03. The summed E-state index contributed by atoms with van der Waals surface area (Å²) in [5.41, 5.74) is 3.01. The summed E-state index contributed by atoms with van der Waals surface area (Å²) in [6.07, 6.45) is 0. The number of benzene rings is 1. The SMILES string of the molecule is CCNc1nc2ccc(C)cc2cc1CO. The van der Waals surface area contributed by atoms with E-state index in [1.54, 1.807) is 0 Å². The Bertz CT molecular complexity index is 509. The third-order valence-corrected chi connectivity index (χ3v) is 2.56. The summed E-state index contributed by atoms with van der Waals surface area (Å²) in [7, 11) is 0. The van der Waals surface area contributed by atoms with Gasteiger partial charge < -0.3 is 10.4 Å². The van der Waals surface area contributed by atoms with Crippen molar-refractivity contribution >= 4 is 16.7 Å². The summed E-state index contributed by atoms with van der Waals surface area (Å²) in [4.78, 5) is 4.51. The molecule has 0 aliphatic heterocycles. The van der Waals surface area contributed by atoms with Crippen molar-refractivity contribution in [3.8, 4) is 0 Å². The summed E-state index contributed by atoms with van der Waals surface area (Å²) in [6.45, 7) is 4.88. The van der Waals surface area contributed by atoms with Crippen molar-refractivity contribution < 1.29 is 5.11 Å². The lowest BCUT2D eigenvalue weighted by molar-refractivity contribution is 0.282. The monoisotopic (exact) mass is 216 g/mol. The molecule has 0 fully saturated rings. The molecule has 0 amide bonds. The van der Waals surface area contributed by atoms with E-state index in [2.05, 4.69) is 23.3 Å². The summed E-state index contributed by atoms with van der Waals surface area (Å²) in [6, 6.07) is 8.13. The molecule has 1 heterocycles. The molecule has 3 nitrogen and oxygen atoms in total. The second kappa shape index (κ2) is 4.49. The molecule has 0 atom stereocenters. The highest BCUT2D eigenvalue weighted by Gasteiger charge is 2.05. The van der Waals surface area contributed by atoms with Crippen LogP contribution in [0.5, 0.6) is 0 Å². The van der Waals surface area contributed by atoms with Crippen LogP contribution in [0.15, 0.2) is 24.3 Å². The molecule has 1 aromatic heterocycles. The molecule has 0 saturated heterocycles. The van der Waals surface area contributed by atoms with E-state index in [-0.39, 0.29) is 6.61 Å². The van der Waals surface area contributed by atoms with Gasteiger partial charge in [0.1, 0.15) is 5.82 Å². The third kappa shape index (κ3) is 1.99. The Labute approximate surface area is 95.1 Å². The molecule has 1 aromatic carbocycles. The Hall–Kier alpha value is -1.61. The van der Waals surface area contributed by atoms with Gasteiger partial charge in [-0.2, -0.15) is 0 Å². The van der Waals surface area contributed by atoms with Crippen LogP contribution >= 0.6 is 0 Å². The van der Waals surface area contributed by atoms with Gasteiger partial charge in [0.15, 0.2) is 0 Å². The smallest absolute Gasteiger partial charge is 0.132 e. The van der Waals surface area contributed by atoms with E-state index in [1.807, 2.05) is 25.1 Å². The number of rotatable bonds is 3. The Morgan fingerprint density at radius 3 is 2.81 bits per heavy atom. The minimum Gasteiger partial charge on any atom is -0.392 e. The standard InChI is InChI=1S/C13H16N2O/c1-3-14-13-11(8-16)7-10-6-9(2)4-5-12(10)15-13/h4-7,16H,3,8H2,1-2H3,(H,14,15). The maximum atomic E-state index is 9.29. The number of aryl methyl sites for hydroxylation is 1. The zero-order valence-electron chi connectivity index (χ0n) is 9.62. The van der Waals surface area contributed by atoms with Crippen LogP contribution in [0.4, 0.5) is 5.82 Å². The molecule has 0 bridgehead atoms. The van der Waals surface area contributed by atoms with E-state index in [0.29, 0.717) is 0 Å². The number of fused-ring (bicyclic) bond motifs is 1. The minimum atomic E-state index is 0.0131. The van der Waals surface area contributed by atoms with Crippen LogP contribution in [-0.4, -0.2) is 16.6 Å². The highest BCUT2D eigenvalue weighted by molar-refractivity contribution is 5.82. The van der Waals surface area contributed by atoms with E-state index in [9.17, 15) is 5.11 Å². The Morgan fingerprint density at radius 1 is 1.31 bits per heavy atom. The summed E-state index contributed by atoms with van der Waals surface area (Å²) in [5.74, 6) is 0.779. The number of hydrogen-bond acceptors (Lipinski definition) is 3. The zero-order chi connectivity index (χ0) is 11.5. The molecule has 0 spiro atoms. The predicted molar refractivity (Wildman–Crippen MR) is 66.6 cm³/mol. The van der Waals surface area contributed by atoms with Crippen molar-refractivity contribution in [2.75, 3.05) is 11.9 Å². The van der Waals surface area contributed by atoms with Gasteiger partial charge in [-0.05, 0) is 32.0 Å². The maximum absolute atomic E-state index is 9.29. The number of pyridine rings is 1. The van der Waals surface area contributed by atoms with Crippen LogP contribution in [-0.2, 0) is 6.61 Å². The van der Waals surface area contributed by atoms with Crippen molar-refractivity contribution in [1.29, 1.82) is 0 Å². The van der Waals surface area contributed by atoms with E-state index in [1.165, 1.54) is 5.56 Å². The van der Waals surface area contributed by atoms with Crippen LogP contribution in [0.3, 0.4) is 0 Å². The van der Waals surface area contributed by atoms with Gasteiger partial charge in [0.05, 0.1) is 12.1 Å². The highest BCUT2D eigenvalue weighted by atomic mass is 16.3. The fraction of sp³-hybridized carbons (Fsp3) is 0.308. The van der Waals surface area contributed by atoms with E-state index in [0.717, 1.165) is 28.8 Å². The lowest BCUT2D eigenvalue weighted by Gasteiger charge is -2.09. The largest absolute Gasteiger partial charge is 0.392 e. The van der Waals surface area contributed by atoms with Gasteiger partial charge in [-0.1, -0.05) is 11.6 Å². The first-order valence-electron chi connectivity index (χ1n) is 5.49. The van der Waals surface area contributed by atoms with Gasteiger partial charge in [-0.3, -0.25) is 0 Å². The average molecular weight is 216 g/mol. The molecule has 2 N–H and O–H groups in total. The van der Waals surface area contributed by atoms with Crippen molar-refractivity contribution in [2.24, 2.45) is 0 Å². The number of aliphatic hydroxyl groups excluding tert-OH is 1. The molecular formula is C13H16N2O. The van der Waals surface area contributed by atoms with Crippen LogP contribution in [0.2, 0.25) is 0 Å². The third-order valence-electron chi connectivity index (χ3n) is 2.56. The molecule has 0 saturated carbocycles. The van der Waals surface area contributed by atoms with Crippen molar-refractivity contribution in [3.05, 3.63) is 35.4 Å². The first kappa shape index (κ1) is 10.9. The number of nitrogens with one attached hydrogen (secondary N) is 1. The van der Waals surface area contributed by atoms with Gasteiger partial charge in [0.25, 0.3) is 0 Å².